The quantitative estimate of drug-likeness (QED) is 0.250. The smallest absolute Gasteiger partial charge is 0.316 e. The molecule has 1 aromatic heterocycles. The van der Waals surface area contributed by atoms with Gasteiger partial charge < -0.3 is 4.74 Å². The van der Waals surface area contributed by atoms with Crippen LogP contribution in [0.2, 0.25) is 5.02 Å². The Kier molecular flexibility index (Phi) is 6.50. The van der Waals surface area contributed by atoms with Crippen LogP contribution in [0.3, 0.4) is 0 Å². The summed E-state index contributed by atoms with van der Waals surface area (Å²) in [5.41, 5.74) is 2.76. The first-order valence-electron chi connectivity index (χ1n) is 8.64. The number of halogens is 1. The average Bonchev–Trinajstić information content (AvgIpc) is 3.14. The molecule has 0 aliphatic carbocycles. The van der Waals surface area contributed by atoms with Gasteiger partial charge in [0.25, 0.3) is 5.69 Å². The van der Waals surface area contributed by atoms with Crippen molar-refractivity contribution in [1.82, 2.24) is 15.2 Å². The van der Waals surface area contributed by atoms with Gasteiger partial charge in [-0.3, -0.25) is 20.0 Å². The van der Waals surface area contributed by atoms with Gasteiger partial charge in [0.05, 0.1) is 17.3 Å². The molecule has 0 radical (unpaired) electrons. The number of rotatable bonds is 7. The van der Waals surface area contributed by atoms with E-state index in [9.17, 15) is 14.9 Å². The zero-order valence-electron chi connectivity index (χ0n) is 15.6. The molecule has 0 aliphatic rings. The molecular formula is C19H17ClN4O4S. The first-order valence-corrected chi connectivity index (χ1v) is 10.0. The fourth-order valence-corrected chi connectivity index (χ4v) is 3.58. The van der Waals surface area contributed by atoms with Crippen LogP contribution >= 0.6 is 23.4 Å². The molecule has 0 fully saturated rings. The molecule has 10 heteroatoms. The molecule has 3 rings (SSSR count). The van der Waals surface area contributed by atoms with Crippen molar-refractivity contribution in [2.24, 2.45) is 0 Å². The number of nitrogens with zero attached hydrogens (tertiary/aromatic N) is 3. The molecule has 0 spiro atoms. The molecule has 0 aliphatic heterocycles. The van der Waals surface area contributed by atoms with E-state index in [1.165, 1.54) is 12.1 Å². The SMILES string of the molecule is CCOC(=O)CSc1n[nH]c(-c2cc(-c3cc(C)cc(Cl)c3)cc([N+](=O)[O-])c2)n1. The Balaban J connectivity index is 1.94. The van der Waals surface area contributed by atoms with Gasteiger partial charge in [-0.2, -0.15) is 0 Å². The average molecular weight is 433 g/mol. The Morgan fingerprint density at radius 2 is 1.93 bits per heavy atom. The van der Waals surface area contributed by atoms with Gasteiger partial charge in [0.1, 0.15) is 0 Å². The van der Waals surface area contributed by atoms with Gasteiger partial charge in [0, 0.05) is 22.7 Å². The van der Waals surface area contributed by atoms with Crippen molar-refractivity contribution in [1.29, 1.82) is 0 Å². The summed E-state index contributed by atoms with van der Waals surface area (Å²) in [7, 11) is 0. The molecule has 0 amide bonds. The van der Waals surface area contributed by atoms with Gasteiger partial charge in [-0.15, -0.1) is 5.10 Å². The van der Waals surface area contributed by atoms with Crippen LogP contribution in [0.1, 0.15) is 12.5 Å². The van der Waals surface area contributed by atoms with Crippen LogP contribution < -0.4 is 0 Å². The molecule has 29 heavy (non-hydrogen) atoms. The second-order valence-corrected chi connectivity index (χ2v) is 7.48. The molecular weight excluding hydrogens is 416 g/mol. The Labute approximate surface area is 175 Å². The van der Waals surface area contributed by atoms with E-state index in [1.807, 2.05) is 19.1 Å². The molecule has 0 saturated heterocycles. The number of carbonyl (C=O) groups excluding carboxylic acids is 1. The summed E-state index contributed by atoms with van der Waals surface area (Å²) >= 11 is 7.26. The van der Waals surface area contributed by atoms with Crippen molar-refractivity contribution < 1.29 is 14.5 Å². The number of hydrogen-bond acceptors (Lipinski definition) is 7. The van der Waals surface area contributed by atoms with Gasteiger partial charge in [-0.25, -0.2) is 4.98 Å². The van der Waals surface area contributed by atoms with Crippen molar-refractivity contribution in [2.45, 2.75) is 19.0 Å². The van der Waals surface area contributed by atoms with Gasteiger partial charge in [0.2, 0.25) is 5.16 Å². The maximum atomic E-state index is 11.5. The Bertz CT molecular complexity index is 1050. The maximum absolute atomic E-state index is 11.5. The van der Waals surface area contributed by atoms with E-state index in [0.717, 1.165) is 22.9 Å². The molecule has 0 unspecified atom stereocenters. The predicted octanol–water partition coefficient (Wildman–Crippen LogP) is 4.66. The minimum Gasteiger partial charge on any atom is -0.465 e. The first kappa shape index (κ1) is 20.8. The molecule has 0 atom stereocenters. The third kappa shape index (κ3) is 5.33. The van der Waals surface area contributed by atoms with Crippen molar-refractivity contribution >= 4 is 35.0 Å². The summed E-state index contributed by atoms with van der Waals surface area (Å²) in [6, 6.07) is 10.1. The number of aryl methyl sites for hydroxylation is 1. The van der Waals surface area contributed by atoms with Crippen molar-refractivity contribution in [2.75, 3.05) is 12.4 Å². The van der Waals surface area contributed by atoms with Crippen molar-refractivity contribution in [3.8, 4) is 22.5 Å². The summed E-state index contributed by atoms with van der Waals surface area (Å²) < 4.78 is 4.87. The zero-order chi connectivity index (χ0) is 21.0. The summed E-state index contributed by atoms with van der Waals surface area (Å²) in [6.07, 6.45) is 0. The first-order chi connectivity index (χ1) is 13.9. The van der Waals surface area contributed by atoms with Crippen LogP contribution in [0.5, 0.6) is 0 Å². The standard InChI is InChI=1S/C19H17ClN4O4S/c1-3-28-17(25)10-29-19-21-18(22-23-19)14-6-13(8-16(9-14)24(26)27)12-4-11(2)5-15(20)7-12/h4-9H,3,10H2,1-2H3,(H,21,22,23). The van der Waals surface area contributed by atoms with Crippen LogP contribution in [0.25, 0.3) is 22.5 Å². The van der Waals surface area contributed by atoms with E-state index >= 15 is 0 Å². The van der Waals surface area contributed by atoms with Crippen LogP contribution in [0.15, 0.2) is 41.6 Å². The van der Waals surface area contributed by atoms with E-state index in [2.05, 4.69) is 15.2 Å². The van der Waals surface area contributed by atoms with Gasteiger partial charge >= 0.3 is 5.97 Å². The number of carbonyl (C=O) groups is 1. The number of ether oxygens (including phenoxy) is 1. The van der Waals surface area contributed by atoms with Crippen LogP contribution in [0.4, 0.5) is 5.69 Å². The topological polar surface area (TPSA) is 111 Å². The van der Waals surface area contributed by atoms with E-state index in [-0.39, 0.29) is 17.4 Å². The number of benzene rings is 2. The zero-order valence-corrected chi connectivity index (χ0v) is 17.2. The van der Waals surface area contributed by atoms with Crippen LogP contribution in [-0.4, -0.2) is 38.4 Å². The molecule has 1 N–H and O–H groups in total. The van der Waals surface area contributed by atoms with Gasteiger partial charge in [-0.1, -0.05) is 29.4 Å². The number of non-ortho nitro benzene ring substituents is 1. The van der Waals surface area contributed by atoms with Crippen molar-refractivity contribution in [3.63, 3.8) is 0 Å². The minimum atomic E-state index is -0.461. The number of thioether (sulfide) groups is 1. The lowest BCUT2D eigenvalue weighted by atomic mass is 10.00. The second kappa shape index (κ2) is 9.06. The highest BCUT2D eigenvalue weighted by Crippen LogP contribution is 2.32. The van der Waals surface area contributed by atoms with E-state index in [0.29, 0.717) is 33.7 Å². The van der Waals surface area contributed by atoms with Gasteiger partial charge in [-0.05, 0) is 48.7 Å². The maximum Gasteiger partial charge on any atom is 0.316 e. The number of nitro benzene ring substituents is 1. The largest absolute Gasteiger partial charge is 0.465 e. The van der Waals surface area contributed by atoms with Gasteiger partial charge in [0.15, 0.2) is 5.82 Å². The molecule has 8 nitrogen and oxygen atoms in total. The van der Waals surface area contributed by atoms with Crippen molar-refractivity contribution in [3.05, 3.63) is 57.1 Å². The highest BCUT2D eigenvalue weighted by Gasteiger charge is 2.16. The Morgan fingerprint density at radius 3 is 2.62 bits per heavy atom. The lowest BCUT2D eigenvalue weighted by molar-refractivity contribution is -0.384. The summed E-state index contributed by atoms with van der Waals surface area (Å²) in [6.45, 7) is 3.93. The monoisotopic (exact) mass is 432 g/mol. The number of hydrogen-bond donors (Lipinski definition) is 1. The van der Waals surface area contributed by atoms with E-state index in [4.69, 9.17) is 16.3 Å². The third-order valence-electron chi connectivity index (χ3n) is 3.87. The molecule has 0 bridgehead atoms. The predicted molar refractivity (Wildman–Crippen MR) is 111 cm³/mol. The Hall–Kier alpha value is -2.91. The lowest BCUT2D eigenvalue weighted by Gasteiger charge is -2.07. The van der Waals surface area contributed by atoms with E-state index in [1.54, 1.807) is 19.1 Å². The molecule has 0 saturated carbocycles. The number of aromatic nitrogens is 3. The lowest BCUT2D eigenvalue weighted by Crippen LogP contribution is -2.06. The molecule has 2 aromatic carbocycles. The summed E-state index contributed by atoms with van der Waals surface area (Å²) in [4.78, 5) is 26.8. The number of nitrogens with one attached hydrogen (secondary N) is 1. The minimum absolute atomic E-state index is 0.0765. The number of aromatic amines is 1. The molecule has 3 aromatic rings. The van der Waals surface area contributed by atoms with Crippen LogP contribution in [0, 0.1) is 17.0 Å². The third-order valence-corrected chi connectivity index (χ3v) is 4.91. The number of H-pyrrole nitrogens is 1. The fourth-order valence-electron chi connectivity index (χ4n) is 2.69. The van der Waals surface area contributed by atoms with Crippen LogP contribution in [-0.2, 0) is 9.53 Å². The number of nitro groups is 1. The Morgan fingerprint density at radius 1 is 1.21 bits per heavy atom. The second-order valence-electron chi connectivity index (χ2n) is 6.10. The highest BCUT2D eigenvalue weighted by molar-refractivity contribution is 7.99. The normalized spacial score (nSPS) is 10.7. The number of esters is 1. The highest BCUT2D eigenvalue weighted by atomic mass is 35.5. The summed E-state index contributed by atoms with van der Waals surface area (Å²) in [5, 5.41) is 19.1. The summed E-state index contributed by atoms with van der Waals surface area (Å²) in [5.74, 6) is 0.0745. The molecule has 1 heterocycles. The van der Waals surface area contributed by atoms with E-state index < -0.39 is 4.92 Å². The fraction of sp³-hybridized carbons (Fsp3) is 0.211. The molecule has 150 valence electrons.